The number of rotatable bonds is 4. The second-order valence-corrected chi connectivity index (χ2v) is 5.85. The summed E-state index contributed by atoms with van der Waals surface area (Å²) in [4.78, 5) is 35.5. The van der Waals surface area contributed by atoms with Crippen LogP contribution in [0, 0.1) is 5.92 Å². The Morgan fingerprint density at radius 2 is 2.17 bits per heavy atom. The number of hydrogen-bond acceptors (Lipinski definition) is 4. The van der Waals surface area contributed by atoms with Crippen LogP contribution in [0.3, 0.4) is 0 Å². The molecule has 3 amide bonds. The highest BCUT2D eigenvalue weighted by molar-refractivity contribution is 5.89. The first-order valence-corrected chi connectivity index (χ1v) is 7.94. The Morgan fingerprint density at radius 3 is 2.92 bits per heavy atom. The van der Waals surface area contributed by atoms with Crippen molar-refractivity contribution in [1.82, 2.24) is 25.2 Å². The molecular weight excluding hydrogens is 312 g/mol. The molecule has 3 rings (SSSR count). The highest BCUT2D eigenvalue weighted by atomic mass is 16.4. The molecule has 2 aromatic rings. The molecule has 1 aliphatic rings. The fraction of sp³-hybridized carbons (Fsp3) is 0.467. The number of nitrogens with zero attached hydrogens (tertiary/aromatic N) is 3. The molecule has 9 nitrogen and oxygen atoms in total. The summed E-state index contributed by atoms with van der Waals surface area (Å²) < 4.78 is 0. The number of aromatic nitrogens is 3. The van der Waals surface area contributed by atoms with E-state index in [4.69, 9.17) is 5.11 Å². The van der Waals surface area contributed by atoms with E-state index in [2.05, 4.69) is 25.6 Å². The molecule has 9 heteroatoms. The Hall–Kier alpha value is -2.84. The maximum atomic E-state index is 11.9. The molecule has 128 valence electrons. The number of carbonyl (C=O) groups is 2. The minimum Gasteiger partial charge on any atom is -0.465 e. The molecule has 0 saturated carbocycles. The monoisotopic (exact) mass is 332 g/mol. The van der Waals surface area contributed by atoms with E-state index in [9.17, 15) is 9.59 Å². The number of urea groups is 1. The van der Waals surface area contributed by atoms with Gasteiger partial charge in [-0.25, -0.2) is 19.6 Å². The number of carbonyl (C=O) groups excluding carboxylic acids is 1. The summed E-state index contributed by atoms with van der Waals surface area (Å²) in [7, 11) is 0. The molecule has 0 aliphatic carbocycles. The van der Waals surface area contributed by atoms with Gasteiger partial charge in [-0.3, -0.25) is 5.32 Å². The van der Waals surface area contributed by atoms with Crippen LogP contribution in [0.5, 0.6) is 0 Å². The molecule has 4 N–H and O–H groups in total. The van der Waals surface area contributed by atoms with Gasteiger partial charge in [0.25, 0.3) is 0 Å². The van der Waals surface area contributed by atoms with E-state index in [0.29, 0.717) is 42.5 Å². The number of piperidine rings is 1. The molecule has 0 unspecified atom stereocenters. The summed E-state index contributed by atoms with van der Waals surface area (Å²) in [5, 5.41) is 14.4. The quantitative estimate of drug-likeness (QED) is 0.680. The van der Waals surface area contributed by atoms with Gasteiger partial charge in [-0.05, 0) is 31.2 Å². The lowest BCUT2D eigenvalue weighted by atomic mass is 9.94. The van der Waals surface area contributed by atoms with Gasteiger partial charge in [0.1, 0.15) is 5.52 Å². The fourth-order valence-corrected chi connectivity index (χ4v) is 2.85. The van der Waals surface area contributed by atoms with E-state index in [1.165, 1.54) is 11.1 Å². The number of aromatic amines is 1. The maximum Gasteiger partial charge on any atom is 0.407 e. The van der Waals surface area contributed by atoms with Crippen molar-refractivity contribution in [3.63, 3.8) is 0 Å². The Balaban J connectivity index is 1.39. The Labute approximate surface area is 138 Å². The smallest absolute Gasteiger partial charge is 0.407 e. The lowest BCUT2D eigenvalue weighted by molar-refractivity contribution is 0.123. The number of carboxylic acid groups (broad SMARTS) is 1. The van der Waals surface area contributed by atoms with E-state index in [0.717, 1.165) is 19.3 Å². The van der Waals surface area contributed by atoms with Crippen molar-refractivity contribution in [2.75, 3.05) is 25.0 Å². The average molecular weight is 332 g/mol. The summed E-state index contributed by atoms with van der Waals surface area (Å²) in [6, 6.07) is 1.47. The highest BCUT2D eigenvalue weighted by Gasteiger charge is 2.21. The van der Waals surface area contributed by atoms with Crippen molar-refractivity contribution >= 4 is 29.1 Å². The molecule has 1 fully saturated rings. The Kier molecular flexibility index (Phi) is 4.78. The first kappa shape index (κ1) is 16.0. The van der Waals surface area contributed by atoms with Crippen molar-refractivity contribution < 1.29 is 14.7 Å². The lowest BCUT2D eigenvalue weighted by Gasteiger charge is -2.29. The van der Waals surface area contributed by atoms with Crippen molar-refractivity contribution in [2.24, 2.45) is 5.92 Å². The van der Waals surface area contributed by atoms with Gasteiger partial charge in [0.2, 0.25) is 0 Å². The molecule has 1 aliphatic heterocycles. The molecule has 24 heavy (non-hydrogen) atoms. The van der Waals surface area contributed by atoms with Crippen molar-refractivity contribution in [1.29, 1.82) is 0 Å². The van der Waals surface area contributed by atoms with Crippen LogP contribution < -0.4 is 10.6 Å². The van der Waals surface area contributed by atoms with Crippen LogP contribution in [0.25, 0.3) is 11.2 Å². The lowest BCUT2D eigenvalue weighted by Crippen LogP contribution is -2.38. The molecule has 0 bridgehead atoms. The maximum absolute atomic E-state index is 11.9. The van der Waals surface area contributed by atoms with E-state index in [-0.39, 0.29) is 6.03 Å². The van der Waals surface area contributed by atoms with Crippen LogP contribution in [0.4, 0.5) is 15.4 Å². The van der Waals surface area contributed by atoms with Gasteiger partial charge in [0.05, 0.1) is 6.20 Å². The number of likely N-dealkylation sites (tertiary alicyclic amines) is 1. The number of amides is 3. The molecule has 0 atom stereocenters. The first-order valence-electron chi connectivity index (χ1n) is 7.94. The summed E-state index contributed by atoms with van der Waals surface area (Å²) in [5.74, 6) is 0.839. The van der Waals surface area contributed by atoms with Crippen molar-refractivity contribution in [2.45, 2.75) is 19.3 Å². The third kappa shape index (κ3) is 3.92. The minimum atomic E-state index is -0.855. The number of hydrogen-bond donors (Lipinski definition) is 4. The summed E-state index contributed by atoms with van der Waals surface area (Å²) >= 11 is 0. The van der Waals surface area contributed by atoms with Crippen LogP contribution in [0.2, 0.25) is 0 Å². The van der Waals surface area contributed by atoms with Gasteiger partial charge in [0, 0.05) is 25.8 Å². The molecule has 1 saturated heterocycles. The summed E-state index contributed by atoms with van der Waals surface area (Å²) in [6.45, 7) is 1.68. The van der Waals surface area contributed by atoms with E-state index >= 15 is 0 Å². The van der Waals surface area contributed by atoms with Gasteiger partial charge in [-0.1, -0.05) is 0 Å². The zero-order valence-electron chi connectivity index (χ0n) is 13.2. The molecule has 2 aromatic heterocycles. The largest absolute Gasteiger partial charge is 0.465 e. The molecule has 3 heterocycles. The predicted molar refractivity (Wildman–Crippen MR) is 87.8 cm³/mol. The van der Waals surface area contributed by atoms with Gasteiger partial charge in [-0.2, -0.15) is 0 Å². The number of fused-ring (bicyclic) bond motifs is 1. The van der Waals surface area contributed by atoms with Crippen LogP contribution in [-0.2, 0) is 0 Å². The molecule has 0 aromatic carbocycles. The highest BCUT2D eigenvalue weighted by Crippen LogP contribution is 2.19. The Morgan fingerprint density at radius 1 is 1.38 bits per heavy atom. The summed E-state index contributed by atoms with van der Waals surface area (Å²) in [5.41, 5.74) is 1.37. The molecule has 0 spiro atoms. The van der Waals surface area contributed by atoms with Crippen molar-refractivity contribution in [3.05, 3.63) is 18.5 Å². The normalized spacial score (nSPS) is 15.4. The second kappa shape index (κ2) is 7.16. The van der Waals surface area contributed by atoms with Crippen LogP contribution >= 0.6 is 0 Å². The van der Waals surface area contributed by atoms with Crippen LogP contribution in [0.15, 0.2) is 18.5 Å². The average Bonchev–Trinajstić information content (AvgIpc) is 3.03. The fourth-order valence-electron chi connectivity index (χ4n) is 2.85. The predicted octanol–water partition coefficient (Wildman–Crippen LogP) is 1.86. The first-order chi connectivity index (χ1) is 11.6. The zero-order chi connectivity index (χ0) is 16.9. The zero-order valence-corrected chi connectivity index (χ0v) is 13.2. The van der Waals surface area contributed by atoms with E-state index in [1.54, 1.807) is 12.3 Å². The van der Waals surface area contributed by atoms with Gasteiger partial charge >= 0.3 is 12.1 Å². The van der Waals surface area contributed by atoms with Gasteiger partial charge in [0.15, 0.2) is 11.5 Å². The standard InChI is InChI=1S/C15H20N6O3/c22-14(20-12-9-18-13-11(19-12)2-6-16-13)17-5-1-10-3-7-21(8-4-10)15(23)24/h2,6,9-10H,1,3-5,7-8H2,(H,16,18)(H,23,24)(H2,17,19,20,22). The van der Waals surface area contributed by atoms with E-state index in [1.807, 2.05) is 0 Å². The van der Waals surface area contributed by atoms with Crippen LogP contribution in [0.1, 0.15) is 19.3 Å². The third-order valence-corrected chi connectivity index (χ3v) is 4.23. The number of H-pyrrole nitrogens is 1. The van der Waals surface area contributed by atoms with Gasteiger partial charge < -0.3 is 20.3 Å². The second-order valence-electron chi connectivity index (χ2n) is 5.85. The number of nitrogens with one attached hydrogen (secondary N) is 3. The molecule has 0 radical (unpaired) electrons. The SMILES string of the molecule is O=C(NCCC1CCN(C(=O)O)CC1)Nc1cnc2[nH]ccc2n1. The third-order valence-electron chi connectivity index (χ3n) is 4.23. The Bertz CT molecular complexity index is 723. The molecular formula is C15H20N6O3. The number of anilines is 1. The van der Waals surface area contributed by atoms with Gasteiger partial charge in [-0.15, -0.1) is 0 Å². The van der Waals surface area contributed by atoms with E-state index < -0.39 is 6.09 Å². The van der Waals surface area contributed by atoms with Crippen LogP contribution in [-0.4, -0.2) is 56.7 Å². The minimum absolute atomic E-state index is 0.317. The van der Waals surface area contributed by atoms with Crippen molar-refractivity contribution in [3.8, 4) is 0 Å². The summed E-state index contributed by atoms with van der Waals surface area (Å²) in [6.07, 6.45) is 4.90. The topological polar surface area (TPSA) is 123 Å².